The number of nitrogens with zero attached hydrogens (tertiary/aromatic N) is 2. The van der Waals surface area contributed by atoms with Crippen LogP contribution >= 0.6 is 0 Å². The molecule has 1 spiro atoms. The van der Waals surface area contributed by atoms with Crippen LogP contribution in [0.2, 0.25) is 0 Å². The Hall–Kier alpha value is -3.54. The number of aromatic nitrogens is 1. The first-order valence-corrected chi connectivity index (χ1v) is 11.0. The van der Waals surface area contributed by atoms with Gasteiger partial charge < -0.3 is 18.9 Å². The first-order chi connectivity index (χ1) is 15.5. The maximum Gasteiger partial charge on any atom is 0.411 e. The molecule has 5 rings (SSSR count). The molecule has 1 fully saturated rings. The van der Waals surface area contributed by atoms with E-state index in [1.165, 1.54) is 0 Å². The Morgan fingerprint density at radius 1 is 0.969 bits per heavy atom. The molecule has 2 aromatic carbocycles. The molecule has 3 aromatic rings. The summed E-state index contributed by atoms with van der Waals surface area (Å²) in [4.78, 5) is 26.8. The quantitative estimate of drug-likeness (QED) is 0.608. The number of ether oxygens (including phenoxy) is 2. The Bertz CT molecular complexity index is 1220. The van der Waals surface area contributed by atoms with Crippen molar-refractivity contribution in [1.29, 1.82) is 0 Å². The minimum atomic E-state index is -0.606. The average Bonchev–Trinajstić information content (AvgIpc) is 2.81. The molecule has 3 heterocycles. The number of hydrogen-bond acceptors (Lipinski definition) is 4. The lowest BCUT2D eigenvalue weighted by Crippen LogP contribution is -2.50. The highest BCUT2D eigenvalue weighted by atomic mass is 16.6. The van der Waals surface area contributed by atoms with E-state index in [1.807, 2.05) is 61.5 Å². The Labute approximate surface area is 187 Å². The number of carbonyl (C=O) groups excluding carboxylic acids is 1. The molecule has 0 N–H and O–H groups in total. The highest BCUT2D eigenvalue weighted by Gasteiger charge is 2.46. The van der Waals surface area contributed by atoms with Gasteiger partial charge in [0, 0.05) is 44.3 Å². The minimum absolute atomic E-state index is 0.0420. The summed E-state index contributed by atoms with van der Waals surface area (Å²) in [5.41, 5.74) is 3.19. The van der Waals surface area contributed by atoms with Gasteiger partial charge in [-0.15, -0.1) is 0 Å². The molecule has 0 bridgehead atoms. The van der Waals surface area contributed by atoms with Crippen molar-refractivity contribution in [1.82, 2.24) is 9.47 Å². The first-order valence-electron chi connectivity index (χ1n) is 11.0. The number of benzene rings is 2. The Morgan fingerprint density at radius 3 is 2.50 bits per heavy atom. The van der Waals surface area contributed by atoms with Crippen LogP contribution in [-0.4, -0.2) is 28.7 Å². The van der Waals surface area contributed by atoms with Gasteiger partial charge in [-0.25, -0.2) is 4.79 Å². The van der Waals surface area contributed by atoms with Gasteiger partial charge in [-0.05, 0) is 35.7 Å². The number of carbonyl (C=O) groups is 1. The lowest BCUT2D eigenvalue weighted by Gasteiger charge is -2.45. The topological polar surface area (TPSA) is 60.8 Å². The third kappa shape index (κ3) is 3.45. The largest absolute Gasteiger partial charge is 0.493 e. The van der Waals surface area contributed by atoms with Gasteiger partial charge in [-0.3, -0.25) is 4.79 Å². The zero-order valence-electron chi connectivity index (χ0n) is 18.3. The lowest BCUT2D eigenvalue weighted by molar-refractivity contribution is -0.0793. The van der Waals surface area contributed by atoms with E-state index in [9.17, 15) is 9.59 Å². The van der Waals surface area contributed by atoms with Crippen molar-refractivity contribution in [2.75, 3.05) is 13.2 Å². The molecule has 6 nitrogen and oxygen atoms in total. The van der Waals surface area contributed by atoms with Crippen molar-refractivity contribution < 1.29 is 14.3 Å². The predicted molar refractivity (Wildman–Crippen MR) is 122 cm³/mol. The summed E-state index contributed by atoms with van der Waals surface area (Å²) < 4.78 is 13.4. The summed E-state index contributed by atoms with van der Waals surface area (Å²) in [7, 11) is 1.73. The van der Waals surface area contributed by atoms with Gasteiger partial charge in [-0.1, -0.05) is 42.5 Å². The van der Waals surface area contributed by atoms with Crippen molar-refractivity contribution in [2.24, 2.45) is 7.05 Å². The molecule has 0 aliphatic carbocycles. The number of para-hydroxylation sites is 1. The van der Waals surface area contributed by atoms with Crippen molar-refractivity contribution in [3.63, 3.8) is 0 Å². The van der Waals surface area contributed by atoms with Gasteiger partial charge in [0.25, 0.3) is 5.56 Å². The fraction of sp³-hybridized carbons (Fsp3) is 0.308. The Balaban J connectivity index is 1.34. The Kier molecular flexibility index (Phi) is 5.00. The zero-order valence-corrected chi connectivity index (χ0v) is 18.3. The summed E-state index contributed by atoms with van der Waals surface area (Å²) in [6, 6.07) is 19.3. The van der Waals surface area contributed by atoms with Crippen molar-refractivity contribution in [3.05, 3.63) is 88.3 Å². The third-order valence-electron chi connectivity index (χ3n) is 6.71. The maximum atomic E-state index is 13.1. The van der Waals surface area contributed by atoms with Gasteiger partial charge >= 0.3 is 6.09 Å². The molecular formula is C26H26N2O4. The second-order valence-electron chi connectivity index (χ2n) is 8.56. The number of hydrogen-bond donors (Lipinski definition) is 0. The van der Waals surface area contributed by atoms with Crippen LogP contribution in [-0.2, 0) is 17.4 Å². The van der Waals surface area contributed by atoms with Gasteiger partial charge in [0.05, 0.1) is 12.6 Å². The third-order valence-corrected chi connectivity index (χ3v) is 6.71. The Morgan fingerprint density at radius 2 is 1.75 bits per heavy atom. The molecule has 164 valence electrons. The van der Waals surface area contributed by atoms with Crippen molar-refractivity contribution in [3.8, 4) is 16.9 Å². The van der Waals surface area contributed by atoms with E-state index < -0.39 is 5.60 Å². The summed E-state index contributed by atoms with van der Waals surface area (Å²) >= 11 is 0. The highest BCUT2D eigenvalue weighted by Crippen LogP contribution is 2.45. The molecule has 1 aromatic heterocycles. The molecule has 1 amide bonds. The molecule has 6 heteroatoms. The lowest BCUT2D eigenvalue weighted by atomic mass is 9.83. The zero-order chi connectivity index (χ0) is 22.3. The van der Waals surface area contributed by atoms with Crippen LogP contribution in [0, 0.1) is 0 Å². The molecule has 2 atom stereocenters. The molecule has 1 saturated heterocycles. The van der Waals surface area contributed by atoms with Crippen LogP contribution in [0.4, 0.5) is 4.79 Å². The first kappa shape index (κ1) is 20.4. The van der Waals surface area contributed by atoms with Gasteiger partial charge in [0.2, 0.25) is 0 Å². The number of amides is 1. The molecular weight excluding hydrogens is 404 g/mol. The second kappa shape index (κ2) is 7.86. The normalized spacial score (nSPS) is 20.9. The van der Waals surface area contributed by atoms with Crippen LogP contribution < -0.4 is 10.3 Å². The van der Waals surface area contributed by atoms with Gasteiger partial charge in [0.15, 0.2) is 0 Å². The van der Waals surface area contributed by atoms with Crippen molar-refractivity contribution >= 4 is 6.09 Å². The maximum absolute atomic E-state index is 13.1. The standard InChI is InChI=1S/C26H26N2O4/c1-18(19-7-9-20(10-8-19)21-11-14-27(2)24(29)17-21)28-15-12-26(32-25(28)30)13-16-31-23-6-4-3-5-22(23)26/h3-11,14,17-18H,12-13,15-16H2,1-2H3. The highest BCUT2D eigenvalue weighted by molar-refractivity contribution is 5.71. The van der Waals surface area contributed by atoms with E-state index in [0.717, 1.165) is 34.4 Å². The van der Waals surface area contributed by atoms with Crippen LogP contribution in [0.1, 0.15) is 36.9 Å². The predicted octanol–water partition coefficient (Wildman–Crippen LogP) is 4.63. The van der Waals surface area contributed by atoms with Crippen molar-refractivity contribution in [2.45, 2.75) is 31.4 Å². The molecule has 2 aliphatic rings. The number of aryl methyl sites for hydroxylation is 1. The summed E-state index contributed by atoms with van der Waals surface area (Å²) in [5.74, 6) is 0.805. The number of fused-ring (bicyclic) bond motifs is 2. The van der Waals surface area contributed by atoms with E-state index in [0.29, 0.717) is 19.6 Å². The SMILES string of the molecule is CC(c1ccc(-c2ccn(C)c(=O)c2)cc1)N1CCC2(CCOc3ccccc32)OC1=O. The monoisotopic (exact) mass is 430 g/mol. The van der Waals surface area contributed by atoms with E-state index in [4.69, 9.17) is 9.47 Å². The van der Waals surface area contributed by atoms with Crippen LogP contribution in [0.3, 0.4) is 0 Å². The summed E-state index contributed by atoms with van der Waals surface area (Å²) in [6.07, 6.45) is 2.87. The van der Waals surface area contributed by atoms with Gasteiger partial charge in [0.1, 0.15) is 11.4 Å². The van der Waals surface area contributed by atoms with E-state index in [-0.39, 0.29) is 17.7 Å². The number of rotatable bonds is 3. The summed E-state index contributed by atoms with van der Waals surface area (Å²) in [5, 5.41) is 0. The fourth-order valence-electron chi connectivity index (χ4n) is 4.68. The molecule has 32 heavy (non-hydrogen) atoms. The van der Waals surface area contributed by atoms with Crippen LogP contribution in [0.5, 0.6) is 5.75 Å². The molecule has 0 saturated carbocycles. The summed E-state index contributed by atoms with van der Waals surface area (Å²) in [6.45, 7) is 3.18. The molecule has 2 aliphatic heterocycles. The molecule has 0 radical (unpaired) electrons. The number of pyridine rings is 1. The minimum Gasteiger partial charge on any atom is -0.493 e. The van der Waals surface area contributed by atoms with Gasteiger partial charge in [-0.2, -0.15) is 0 Å². The van der Waals surface area contributed by atoms with E-state index in [2.05, 4.69) is 0 Å². The van der Waals surface area contributed by atoms with Crippen LogP contribution in [0.25, 0.3) is 11.1 Å². The van der Waals surface area contributed by atoms with E-state index >= 15 is 0 Å². The fourth-order valence-corrected chi connectivity index (χ4v) is 4.68. The second-order valence-corrected chi connectivity index (χ2v) is 8.56. The molecule has 2 unspecified atom stereocenters. The average molecular weight is 431 g/mol. The van der Waals surface area contributed by atoms with Crippen LogP contribution in [0.15, 0.2) is 71.7 Å². The smallest absolute Gasteiger partial charge is 0.411 e. The van der Waals surface area contributed by atoms with E-state index in [1.54, 1.807) is 28.8 Å².